The van der Waals surface area contributed by atoms with E-state index in [2.05, 4.69) is 52.8 Å². The molecular formula is C32H45N5O2. The van der Waals surface area contributed by atoms with Crippen molar-refractivity contribution in [2.24, 2.45) is 5.92 Å². The summed E-state index contributed by atoms with van der Waals surface area (Å²) in [5, 5.41) is 7.18. The molecule has 1 fully saturated rings. The van der Waals surface area contributed by atoms with E-state index < -0.39 is 0 Å². The monoisotopic (exact) mass is 531 g/mol. The maximum absolute atomic E-state index is 6.90. The highest BCUT2D eigenvalue weighted by Gasteiger charge is 2.19. The number of nitrogens with two attached hydrogens (primary N) is 1. The molecule has 0 atom stereocenters. The molecule has 4 N–H and O–H groups in total. The van der Waals surface area contributed by atoms with Crippen molar-refractivity contribution < 1.29 is 9.47 Å². The number of aryl methyl sites for hydroxylation is 1. The van der Waals surface area contributed by atoms with Crippen LogP contribution in [0.4, 0.5) is 17.2 Å². The van der Waals surface area contributed by atoms with Gasteiger partial charge in [-0.2, -0.15) is 0 Å². The Morgan fingerprint density at radius 2 is 1.51 bits per heavy atom. The minimum atomic E-state index is 0.653. The first-order chi connectivity index (χ1) is 19.1. The van der Waals surface area contributed by atoms with Gasteiger partial charge in [0.2, 0.25) is 0 Å². The van der Waals surface area contributed by atoms with Crippen molar-refractivity contribution >= 4 is 17.2 Å². The van der Waals surface area contributed by atoms with Crippen molar-refractivity contribution in [2.45, 2.75) is 58.5 Å². The molecule has 0 amide bonds. The number of nitrogens with zero attached hydrogens (tertiary/aromatic N) is 2. The lowest BCUT2D eigenvalue weighted by molar-refractivity contribution is 0.390. The molecule has 1 aliphatic rings. The fraction of sp³-hybridized carbons (Fsp3) is 0.469. The number of rotatable bonds is 14. The molecule has 39 heavy (non-hydrogen) atoms. The van der Waals surface area contributed by atoms with E-state index in [1.165, 1.54) is 36.8 Å². The summed E-state index contributed by atoms with van der Waals surface area (Å²) in [5.41, 5.74) is 12.1. The summed E-state index contributed by atoms with van der Waals surface area (Å²) < 4.78 is 10.8. The number of hydrogen-bond acceptors (Lipinski definition) is 7. The quantitative estimate of drug-likeness (QED) is 0.219. The largest absolute Gasteiger partial charge is 0.497 e. The summed E-state index contributed by atoms with van der Waals surface area (Å²) in [7, 11) is 3.38. The van der Waals surface area contributed by atoms with Crippen molar-refractivity contribution in [2.75, 3.05) is 49.8 Å². The van der Waals surface area contributed by atoms with E-state index in [0.717, 1.165) is 61.2 Å². The number of unbranched alkanes of at least 4 members (excludes halogenated alkanes) is 2. The second kappa shape index (κ2) is 14.6. The Morgan fingerprint density at radius 1 is 0.923 bits per heavy atom. The van der Waals surface area contributed by atoms with Gasteiger partial charge in [0, 0.05) is 25.3 Å². The Hall–Kier alpha value is -3.45. The molecule has 0 spiro atoms. The van der Waals surface area contributed by atoms with Gasteiger partial charge in [-0.1, -0.05) is 44.0 Å². The molecule has 210 valence electrons. The molecule has 0 aliphatic carbocycles. The van der Waals surface area contributed by atoms with Crippen LogP contribution in [0, 0.1) is 5.92 Å². The van der Waals surface area contributed by atoms with Crippen LogP contribution in [-0.4, -0.2) is 38.8 Å². The first-order valence-corrected chi connectivity index (χ1v) is 14.3. The number of pyridine rings is 1. The zero-order valence-corrected chi connectivity index (χ0v) is 23.8. The smallest absolute Gasteiger partial charge is 0.154 e. The maximum Gasteiger partial charge on any atom is 0.154 e. The van der Waals surface area contributed by atoms with Gasteiger partial charge in [-0.15, -0.1) is 0 Å². The molecule has 1 aliphatic heterocycles. The van der Waals surface area contributed by atoms with E-state index in [1.807, 2.05) is 24.3 Å². The summed E-state index contributed by atoms with van der Waals surface area (Å²) in [4.78, 5) is 7.45. The van der Waals surface area contributed by atoms with Crippen molar-refractivity contribution in [3.05, 3.63) is 71.4 Å². The van der Waals surface area contributed by atoms with E-state index in [9.17, 15) is 0 Å². The Bertz CT molecular complexity index is 1090. The van der Waals surface area contributed by atoms with Gasteiger partial charge >= 0.3 is 0 Å². The first-order valence-electron chi connectivity index (χ1n) is 14.3. The standard InChI is InChI=1S/C32H45N5O2/c1-4-5-6-7-27-20-30(35-21-24-16-18-34-19-17-24)31(33)32(36-27)37(22-25-8-12-28(38-2)13-9-25)23-26-10-14-29(39-3)15-11-26/h8-15,20,24,34H,4-7,16-19,21-23,33H2,1-3H3,(H,35,36). The first kappa shape index (κ1) is 28.6. The normalized spacial score (nSPS) is 13.7. The van der Waals surface area contributed by atoms with E-state index in [0.29, 0.717) is 24.7 Å². The Morgan fingerprint density at radius 3 is 2.05 bits per heavy atom. The molecule has 1 aromatic heterocycles. The SMILES string of the molecule is CCCCCc1cc(NCC2CCNCC2)c(N)c(N(Cc2ccc(OC)cc2)Cc2ccc(OC)cc2)n1. The number of ether oxygens (including phenoxy) is 2. The number of methoxy groups -OCH3 is 2. The highest BCUT2D eigenvalue weighted by atomic mass is 16.5. The highest BCUT2D eigenvalue weighted by molar-refractivity contribution is 5.79. The molecule has 4 rings (SSSR count). The minimum Gasteiger partial charge on any atom is -0.497 e. The second-order valence-electron chi connectivity index (χ2n) is 10.5. The summed E-state index contributed by atoms with van der Waals surface area (Å²) in [6, 6.07) is 18.6. The Labute approximate surface area is 234 Å². The van der Waals surface area contributed by atoms with Crippen LogP contribution < -0.4 is 30.7 Å². The summed E-state index contributed by atoms with van der Waals surface area (Å²) >= 11 is 0. The molecule has 0 saturated carbocycles. The van der Waals surface area contributed by atoms with Gasteiger partial charge in [0.25, 0.3) is 0 Å². The topological polar surface area (TPSA) is 84.7 Å². The zero-order chi connectivity index (χ0) is 27.5. The van der Waals surface area contributed by atoms with Gasteiger partial charge < -0.3 is 30.7 Å². The average molecular weight is 532 g/mol. The Balaban J connectivity index is 1.66. The number of nitrogen functional groups attached to an aromatic ring is 1. The number of nitrogens with one attached hydrogen (secondary N) is 2. The van der Waals surface area contributed by atoms with Gasteiger partial charge in [0.15, 0.2) is 5.82 Å². The van der Waals surface area contributed by atoms with Gasteiger partial charge in [0.05, 0.1) is 25.6 Å². The van der Waals surface area contributed by atoms with Crippen LogP contribution in [0.15, 0.2) is 54.6 Å². The summed E-state index contributed by atoms with van der Waals surface area (Å²) in [6.07, 6.45) is 6.83. The summed E-state index contributed by atoms with van der Waals surface area (Å²) in [6.45, 7) is 6.70. The van der Waals surface area contributed by atoms with Crippen molar-refractivity contribution in [1.82, 2.24) is 10.3 Å². The Kier molecular flexibility index (Phi) is 10.7. The van der Waals surface area contributed by atoms with Gasteiger partial charge in [-0.25, -0.2) is 4.98 Å². The highest BCUT2D eigenvalue weighted by Crippen LogP contribution is 2.33. The van der Waals surface area contributed by atoms with Gasteiger partial charge in [-0.3, -0.25) is 0 Å². The lowest BCUT2D eigenvalue weighted by Crippen LogP contribution is -2.31. The van der Waals surface area contributed by atoms with Crippen LogP contribution in [0.1, 0.15) is 55.8 Å². The van der Waals surface area contributed by atoms with Gasteiger partial charge in [-0.05, 0) is 86.1 Å². The number of anilines is 3. The van der Waals surface area contributed by atoms with Crippen LogP contribution in [-0.2, 0) is 19.5 Å². The number of benzene rings is 2. The number of aromatic nitrogens is 1. The fourth-order valence-corrected chi connectivity index (χ4v) is 5.11. The molecule has 2 heterocycles. The van der Waals surface area contributed by atoms with Gasteiger partial charge in [0.1, 0.15) is 11.5 Å². The van der Waals surface area contributed by atoms with Crippen LogP contribution in [0.25, 0.3) is 0 Å². The molecule has 0 unspecified atom stereocenters. The third-order valence-corrected chi connectivity index (χ3v) is 7.53. The maximum atomic E-state index is 6.90. The lowest BCUT2D eigenvalue weighted by atomic mass is 9.98. The van der Waals surface area contributed by atoms with Crippen molar-refractivity contribution in [3.8, 4) is 11.5 Å². The molecule has 0 bridgehead atoms. The molecule has 2 aromatic carbocycles. The second-order valence-corrected chi connectivity index (χ2v) is 10.5. The predicted molar refractivity (Wildman–Crippen MR) is 162 cm³/mol. The fourth-order valence-electron chi connectivity index (χ4n) is 5.11. The van der Waals surface area contributed by atoms with E-state index in [1.54, 1.807) is 14.2 Å². The van der Waals surface area contributed by atoms with E-state index in [4.69, 9.17) is 20.2 Å². The molecule has 7 nitrogen and oxygen atoms in total. The average Bonchev–Trinajstić information content (AvgIpc) is 2.98. The van der Waals surface area contributed by atoms with E-state index in [-0.39, 0.29) is 0 Å². The van der Waals surface area contributed by atoms with Crippen LogP contribution >= 0.6 is 0 Å². The third-order valence-electron chi connectivity index (χ3n) is 7.53. The lowest BCUT2D eigenvalue weighted by Gasteiger charge is -2.28. The number of piperidine rings is 1. The molecular weight excluding hydrogens is 486 g/mol. The third kappa shape index (κ3) is 8.27. The molecule has 0 radical (unpaired) electrons. The molecule has 3 aromatic rings. The van der Waals surface area contributed by atoms with Crippen LogP contribution in [0.5, 0.6) is 11.5 Å². The molecule has 7 heteroatoms. The van der Waals surface area contributed by atoms with Crippen molar-refractivity contribution in [1.29, 1.82) is 0 Å². The predicted octanol–water partition coefficient (Wildman–Crippen LogP) is 6.03. The zero-order valence-electron chi connectivity index (χ0n) is 23.8. The van der Waals surface area contributed by atoms with Crippen LogP contribution in [0.2, 0.25) is 0 Å². The van der Waals surface area contributed by atoms with E-state index >= 15 is 0 Å². The minimum absolute atomic E-state index is 0.653. The summed E-state index contributed by atoms with van der Waals surface area (Å²) in [5.74, 6) is 3.18. The molecule has 1 saturated heterocycles. The van der Waals surface area contributed by atoms with Crippen molar-refractivity contribution in [3.63, 3.8) is 0 Å². The number of hydrogen-bond donors (Lipinski definition) is 3. The van der Waals surface area contributed by atoms with Crippen LogP contribution in [0.3, 0.4) is 0 Å².